The minimum Gasteiger partial charge on any atom is -0.384 e. The van der Waals surface area contributed by atoms with E-state index < -0.39 is 6.10 Å². The summed E-state index contributed by atoms with van der Waals surface area (Å²) in [4.78, 5) is 3.05. The first-order valence-electron chi connectivity index (χ1n) is 6.52. The quantitative estimate of drug-likeness (QED) is 0.695. The molecule has 4 heteroatoms. The van der Waals surface area contributed by atoms with Gasteiger partial charge >= 0.3 is 0 Å². The van der Waals surface area contributed by atoms with Gasteiger partial charge in [-0.05, 0) is 23.3 Å². The minimum atomic E-state index is -0.763. The molecule has 2 N–H and O–H groups in total. The zero-order chi connectivity index (χ0) is 14.8. The van der Waals surface area contributed by atoms with Gasteiger partial charge in [0.25, 0.3) is 0 Å². The maximum Gasteiger partial charge on any atom is 0.106 e. The van der Waals surface area contributed by atoms with Crippen LogP contribution in [0.5, 0.6) is 0 Å². The second-order valence-corrected chi connectivity index (χ2v) is 5.58. The van der Waals surface area contributed by atoms with E-state index in [4.69, 9.17) is 23.2 Å². The molecular weight excluding hydrogens is 305 g/mol. The van der Waals surface area contributed by atoms with E-state index in [9.17, 15) is 5.11 Å². The summed E-state index contributed by atoms with van der Waals surface area (Å²) in [6, 6.07) is 15.1. The number of rotatable bonds is 3. The molecule has 2 aromatic carbocycles. The summed E-state index contributed by atoms with van der Waals surface area (Å²) in [6.07, 6.45) is 2.92. The molecule has 0 aliphatic carbocycles. The highest BCUT2D eigenvalue weighted by Crippen LogP contribution is 2.33. The maximum absolute atomic E-state index is 10.6. The van der Waals surface area contributed by atoms with Crippen LogP contribution in [0.15, 0.2) is 60.9 Å². The molecule has 0 bridgehead atoms. The van der Waals surface area contributed by atoms with Crippen LogP contribution in [0.1, 0.15) is 17.2 Å². The highest BCUT2D eigenvalue weighted by atomic mass is 35.5. The zero-order valence-corrected chi connectivity index (χ0v) is 12.6. The van der Waals surface area contributed by atoms with Crippen molar-refractivity contribution in [1.29, 1.82) is 0 Å². The van der Waals surface area contributed by atoms with E-state index in [2.05, 4.69) is 4.98 Å². The Morgan fingerprint density at radius 3 is 2.38 bits per heavy atom. The monoisotopic (exact) mass is 317 g/mol. The third kappa shape index (κ3) is 2.84. The van der Waals surface area contributed by atoms with E-state index >= 15 is 0 Å². The molecule has 0 radical (unpaired) electrons. The number of H-pyrrole nitrogens is 1. The van der Waals surface area contributed by atoms with Gasteiger partial charge in [-0.2, -0.15) is 0 Å². The number of benzene rings is 2. The Morgan fingerprint density at radius 2 is 1.67 bits per heavy atom. The van der Waals surface area contributed by atoms with E-state index in [1.54, 1.807) is 24.4 Å². The number of aromatic amines is 1. The van der Waals surface area contributed by atoms with Gasteiger partial charge in [0.05, 0.1) is 10.0 Å². The molecule has 0 spiro atoms. The van der Waals surface area contributed by atoms with Crippen molar-refractivity contribution in [3.05, 3.63) is 82.1 Å². The van der Waals surface area contributed by atoms with Crippen LogP contribution in [-0.4, -0.2) is 10.1 Å². The van der Waals surface area contributed by atoms with E-state index in [0.29, 0.717) is 15.6 Å². The highest BCUT2D eigenvalue weighted by molar-refractivity contribution is 6.42. The molecule has 3 aromatic rings. The molecule has 2 nitrogen and oxygen atoms in total. The first-order chi connectivity index (χ1) is 10.2. The van der Waals surface area contributed by atoms with Crippen molar-refractivity contribution in [2.24, 2.45) is 0 Å². The van der Waals surface area contributed by atoms with Gasteiger partial charge in [0, 0.05) is 23.5 Å². The van der Waals surface area contributed by atoms with Crippen LogP contribution in [0.2, 0.25) is 10.0 Å². The van der Waals surface area contributed by atoms with Crippen LogP contribution >= 0.6 is 23.2 Å². The summed E-state index contributed by atoms with van der Waals surface area (Å²) < 4.78 is 0. The molecule has 0 saturated carbocycles. The molecular formula is C17H13Cl2NO. The third-order valence-corrected chi connectivity index (χ3v) is 4.16. The van der Waals surface area contributed by atoms with Crippen LogP contribution in [0, 0.1) is 0 Å². The average molecular weight is 318 g/mol. The number of nitrogens with one attached hydrogen (secondary N) is 1. The van der Waals surface area contributed by atoms with Crippen molar-refractivity contribution in [2.45, 2.75) is 6.10 Å². The lowest BCUT2D eigenvalue weighted by atomic mass is 9.97. The molecule has 0 amide bonds. The molecule has 3 rings (SSSR count). The van der Waals surface area contributed by atoms with Crippen LogP contribution in [0.25, 0.3) is 11.1 Å². The normalized spacial score (nSPS) is 12.3. The Labute approximate surface area is 133 Å². The second kappa shape index (κ2) is 5.94. The van der Waals surface area contributed by atoms with E-state index in [1.807, 2.05) is 36.5 Å². The summed E-state index contributed by atoms with van der Waals surface area (Å²) in [7, 11) is 0. The first kappa shape index (κ1) is 14.2. The van der Waals surface area contributed by atoms with Gasteiger partial charge in [0.2, 0.25) is 0 Å². The molecule has 1 atom stereocenters. The zero-order valence-electron chi connectivity index (χ0n) is 11.1. The molecule has 0 fully saturated rings. The number of hydrogen-bond donors (Lipinski definition) is 2. The minimum absolute atomic E-state index is 0.435. The van der Waals surface area contributed by atoms with Crippen molar-refractivity contribution < 1.29 is 5.11 Å². The number of aromatic nitrogens is 1. The lowest BCUT2D eigenvalue weighted by molar-refractivity contribution is 0.221. The Hall–Kier alpha value is -1.74. The number of halogens is 2. The fourth-order valence-electron chi connectivity index (χ4n) is 2.33. The van der Waals surface area contributed by atoms with Gasteiger partial charge in [-0.15, -0.1) is 0 Å². The Morgan fingerprint density at radius 1 is 0.905 bits per heavy atom. The first-order valence-corrected chi connectivity index (χ1v) is 7.27. The van der Waals surface area contributed by atoms with Crippen LogP contribution < -0.4 is 0 Å². The van der Waals surface area contributed by atoms with Crippen molar-refractivity contribution in [1.82, 2.24) is 4.98 Å². The second-order valence-electron chi connectivity index (χ2n) is 4.77. The fourth-order valence-corrected chi connectivity index (χ4v) is 2.64. The van der Waals surface area contributed by atoms with E-state index in [-0.39, 0.29) is 0 Å². The van der Waals surface area contributed by atoms with Crippen LogP contribution in [0.4, 0.5) is 0 Å². The van der Waals surface area contributed by atoms with Gasteiger partial charge in [-0.3, -0.25) is 0 Å². The average Bonchev–Trinajstić information content (AvgIpc) is 2.99. The number of aliphatic hydroxyl groups is 1. The summed E-state index contributed by atoms with van der Waals surface area (Å²) in [5, 5.41) is 11.5. The summed E-state index contributed by atoms with van der Waals surface area (Å²) in [5.74, 6) is 0. The van der Waals surface area contributed by atoms with Gasteiger partial charge < -0.3 is 10.1 Å². The fraction of sp³-hybridized carbons (Fsp3) is 0.0588. The highest BCUT2D eigenvalue weighted by Gasteiger charge is 2.17. The van der Waals surface area contributed by atoms with Gasteiger partial charge in [-0.25, -0.2) is 0 Å². The van der Waals surface area contributed by atoms with Gasteiger partial charge in [-0.1, -0.05) is 59.6 Å². The summed E-state index contributed by atoms with van der Waals surface area (Å²) in [6.45, 7) is 0. The third-order valence-electron chi connectivity index (χ3n) is 3.42. The van der Waals surface area contributed by atoms with Gasteiger partial charge in [0.15, 0.2) is 0 Å². The Bertz CT molecular complexity index is 752. The van der Waals surface area contributed by atoms with E-state index in [1.165, 1.54) is 0 Å². The van der Waals surface area contributed by atoms with Crippen LogP contribution in [-0.2, 0) is 0 Å². The Balaban J connectivity index is 2.01. The van der Waals surface area contributed by atoms with Crippen molar-refractivity contribution in [3.8, 4) is 11.1 Å². The molecule has 106 valence electrons. The molecule has 1 heterocycles. The topological polar surface area (TPSA) is 36.0 Å². The SMILES string of the molecule is O[C@@H](c1ccc(Cl)c(Cl)c1)c1c[nH]cc1-c1ccccc1. The molecule has 0 aliphatic heterocycles. The van der Waals surface area contributed by atoms with Crippen molar-refractivity contribution in [2.75, 3.05) is 0 Å². The Kier molecular flexibility index (Phi) is 4.02. The van der Waals surface area contributed by atoms with Gasteiger partial charge in [0.1, 0.15) is 6.10 Å². The summed E-state index contributed by atoms with van der Waals surface area (Å²) in [5.41, 5.74) is 3.53. The van der Waals surface area contributed by atoms with Crippen molar-refractivity contribution >= 4 is 23.2 Å². The van der Waals surface area contributed by atoms with Crippen LogP contribution in [0.3, 0.4) is 0 Å². The molecule has 0 saturated heterocycles. The number of aliphatic hydroxyl groups excluding tert-OH is 1. The molecule has 0 unspecified atom stereocenters. The standard InChI is InChI=1S/C17H13Cl2NO/c18-15-7-6-12(8-16(15)19)17(21)14-10-20-9-13(14)11-4-2-1-3-5-11/h1-10,17,20-21H/t17-/m0/s1. The molecule has 1 aromatic heterocycles. The molecule has 0 aliphatic rings. The van der Waals surface area contributed by atoms with Crippen molar-refractivity contribution in [3.63, 3.8) is 0 Å². The maximum atomic E-state index is 10.6. The smallest absolute Gasteiger partial charge is 0.106 e. The lowest BCUT2D eigenvalue weighted by Crippen LogP contribution is -2.00. The van der Waals surface area contributed by atoms with E-state index in [0.717, 1.165) is 16.7 Å². The summed E-state index contributed by atoms with van der Waals surface area (Å²) >= 11 is 11.9. The largest absolute Gasteiger partial charge is 0.384 e. The number of hydrogen-bond acceptors (Lipinski definition) is 1. The predicted molar refractivity (Wildman–Crippen MR) is 86.8 cm³/mol. The lowest BCUT2D eigenvalue weighted by Gasteiger charge is -2.13. The molecule has 21 heavy (non-hydrogen) atoms. The predicted octanol–water partition coefficient (Wildman–Crippen LogP) is 5.07.